The molecule has 0 aromatic heterocycles. The van der Waals surface area contributed by atoms with E-state index in [1.54, 1.807) is 24.3 Å². The Morgan fingerprint density at radius 2 is 1.44 bits per heavy atom. The van der Waals surface area contributed by atoms with Gasteiger partial charge in [-0.1, -0.05) is 108 Å². The fourth-order valence-electron chi connectivity index (χ4n) is 7.26. The Morgan fingerprint density at radius 3 is 2.10 bits per heavy atom. The molecule has 12 heteroatoms. The molecule has 2 aromatic rings. The van der Waals surface area contributed by atoms with Gasteiger partial charge in [0.2, 0.25) is 23.6 Å². The molecule has 4 amide bonds. The number of hydrogen-bond acceptors (Lipinski definition) is 7. The summed E-state index contributed by atoms with van der Waals surface area (Å²) in [6, 6.07) is 13.1. The first-order valence-electron chi connectivity index (χ1n) is 18.9. The lowest BCUT2D eigenvalue weighted by atomic mass is 9.83. The first-order chi connectivity index (χ1) is 24.7. The van der Waals surface area contributed by atoms with E-state index in [0.29, 0.717) is 30.9 Å². The van der Waals surface area contributed by atoms with Crippen LogP contribution in [0.25, 0.3) is 0 Å². The fourth-order valence-corrected chi connectivity index (χ4v) is 9.17. The number of carbonyl (C=O) groups is 4. The van der Waals surface area contributed by atoms with Gasteiger partial charge in [0.05, 0.1) is 28.7 Å². The first kappa shape index (κ1) is 41.0. The fraction of sp³-hybridized carbons (Fsp3) is 0.600. The third-order valence-corrected chi connectivity index (χ3v) is 12.3. The number of sulfone groups is 1. The summed E-state index contributed by atoms with van der Waals surface area (Å²) < 4.78 is 26.4. The van der Waals surface area contributed by atoms with Crippen LogP contribution in [0.5, 0.6) is 0 Å². The minimum Gasteiger partial charge on any atom is -0.390 e. The third-order valence-electron chi connectivity index (χ3n) is 10.1. The lowest BCUT2D eigenvalue weighted by molar-refractivity contribution is -0.133. The summed E-state index contributed by atoms with van der Waals surface area (Å²) in [5.74, 6) is -1.35. The smallest absolute Gasteiger partial charge is 0.243 e. The van der Waals surface area contributed by atoms with Gasteiger partial charge in [-0.2, -0.15) is 0 Å². The monoisotopic (exact) mass is 738 g/mol. The number of aliphatic hydroxyl groups is 1. The van der Waals surface area contributed by atoms with Crippen LogP contribution in [-0.4, -0.2) is 73.2 Å². The standard InChI is InChI=1S/C40H58N4O7S/c1-26(2)19-33(39(48)43-32(20-28-13-7-5-8-14-28)35(45)24-37(46)41-25-27(3)4)44-40(49)34(21-29-15-9-6-10-16-29)42-38(47)23-31-22-30-17-11-12-18-36(30)52(31,50)51/h6,9-12,15-18,26-28,31-35,45H,5,7-8,13-14,19-25H2,1-4H3,(H,41,46)(H,42,47)(H,43,48)(H,44,49)/t31?,32-,33-,34-,35-/m0/s1. The third kappa shape index (κ3) is 12.1. The number of hydrogen-bond donors (Lipinski definition) is 5. The lowest BCUT2D eigenvalue weighted by Gasteiger charge is -2.32. The summed E-state index contributed by atoms with van der Waals surface area (Å²) in [7, 11) is -3.70. The quantitative estimate of drug-likeness (QED) is 0.154. The molecule has 286 valence electrons. The Bertz CT molecular complexity index is 1610. The van der Waals surface area contributed by atoms with Crippen LogP contribution in [-0.2, 0) is 41.9 Å². The molecule has 1 saturated carbocycles. The second kappa shape index (κ2) is 19.3. The van der Waals surface area contributed by atoms with Crippen molar-refractivity contribution in [2.45, 2.75) is 133 Å². The molecule has 4 rings (SSSR count). The van der Waals surface area contributed by atoms with Crippen molar-refractivity contribution in [3.8, 4) is 0 Å². The maximum atomic E-state index is 14.0. The second-order valence-corrected chi connectivity index (χ2v) is 17.7. The molecule has 0 saturated heterocycles. The summed E-state index contributed by atoms with van der Waals surface area (Å²) in [6.45, 7) is 8.33. The predicted octanol–water partition coefficient (Wildman–Crippen LogP) is 4.01. The van der Waals surface area contributed by atoms with Crippen molar-refractivity contribution in [2.75, 3.05) is 6.54 Å². The Labute approximate surface area is 309 Å². The van der Waals surface area contributed by atoms with E-state index in [1.165, 1.54) is 0 Å². The van der Waals surface area contributed by atoms with E-state index in [9.17, 15) is 32.7 Å². The lowest BCUT2D eigenvalue weighted by Crippen LogP contribution is -2.57. The molecule has 5 atom stereocenters. The van der Waals surface area contributed by atoms with Crippen LogP contribution >= 0.6 is 0 Å². The van der Waals surface area contributed by atoms with Crippen LogP contribution in [0.2, 0.25) is 0 Å². The Balaban J connectivity index is 1.49. The molecule has 1 aliphatic carbocycles. The van der Waals surface area contributed by atoms with Crippen molar-refractivity contribution in [3.63, 3.8) is 0 Å². The molecule has 1 heterocycles. The first-order valence-corrected chi connectivity index (χ1v) is 20.5. The summed E-state index contributed by atoms with van der Waals surface area (Å²) >= 11 is 0. The van der Waals surface area contributed by atoms with E-state index in [1.807, 2.05) is 58.0 Å². The number of amides is 4. The number of fused-ring (bicyclic) bond motifs is 1. The molecule has 2 aromatic carbocycles. The average Bonchev–Trinajstić information content (AvgIpc) is 3.35. The van der Waals surface area contributed by atoms with E-state index in [0.717, 1.165) is 37.7 Å². The maximum Gasteiger partial charge on any atom is 0.243 e. The van der Waals surface area contributed by atoms with Crippen molar-refractivity contribution in [2.24, 2.45) is 17.8 Å². The van der Waals surface area contributed by atoms with Gasteiger partial charge in [-0.3, -0.25) is 19.2 Å². The second-order valence-electron chi connectivity index (χ2n) is 15.5. The number of nitrogens with one attached hydrogen (secondary N) is 4. The van der Waals surface area contributed by atoms with Gasteiger partial charge in [0.15, 0.2) is 9.84 Å². The molecule has 2 aliphatic rings. The number of aliphatic hydroxyl groups excluding tert-OH is 1. The van der Waals surface area contributed by atoms with Crippen LogP contribution in [0.15, 0.2) is 59.5 Å². The Kier molecular flexibility index (Phi) is 15.3. The summed E-state index contributed by atoms with van der Waals surface area (Å²) in [6.07, 6.45) is 4.86. The van der Waals surface area contributed by atoms with Crippen LogP contribution in [0.3, 0.4) is 0 Å². The molecule has 0 spiro atoms. The highest BCUT2D eigenvalue weighted by molar-refractivity contribution is 7.92. The van der Waals surface area contributed by atoms with Crippen LogP contribution in [0.4, 0.5) is 0 Å². The van der Waals surface area contributed by atoms with Gasteiger partial charge in [-0.05, 0) is 54.2 Å². The average molecular weight is 739 g/mol. The maximum absolute atomic E-state index is 14.0. The molecule has 1 aliphatic heterocycles. The predicted molar refractivity (Wildman–Crippen MR) is 201 cm³/mol. The zero-order valence-electron chi connectivity index (χ0n) is 31.1. The molecule has 52 heavy (non-hydrogen) atoms. The van der Waals surface area contributed by atoms with Crippen LogP contribution in [0.1, 0.15) is 96.6 Å². The van der Waals surface area contributed by atoms with Gasteiger partial charge in [-0.25, -0.2) is 8.42 Å². The van der Waals surface area contributed by atoms with Gasteiger partial charge in [0.1, 0.15) is 12.1 Å². The highest BCUT2D eigenvalue weighted by Gasteiger charge is 2.39. The summed E-state index contributed by atoms with van der Waals surface area (Å²) in [5, 5.41) is 21.8. The van der Waals surface area contributed by atoms with E-state index >= 15 is 0 Å². The minimum absolute atomic E-state index is 0.0101. The van der Waals surface area contributed by atoms with Crippen molar-refractivity contribution < 1.29 is 32.7 Å². The van der Waals surface area contributed by atoms with E-state index in [2.05, 4.69) is 21.3 Å². The highest BCUT2D eigenvalue weighted by atomic mass is 32.2. The topological polar surface area (TPSA) is 171 Å². The normalized spacial score (nSPS) is 19.2. The molecule has 0 radical (unpaired) electrons. The Morgan fingerprint density at radius 1 is 0.788 bits per heavy atom. The van der Waals surface area contributed by atoms with Gasteiger partial charge >= 0.3 is 0 Å². The van der Waals surface area contributed by atoms with Crippen molar-refractivity contribution in [3.05, 3.63) is 65.7 Å². The van der Waals surface area contributed by atoms with Crippen LogP contribution in [0, 0.1) is 17.8 Å². The molecule has 5 N–H and O–H groups in total. The van der Waals surface area contributed by atoms with E-state index in [-0.39, 0.29) is 48.3 Å². The zero-order chi connectivity index (χ0) is 37.8. The van der Waals surface area contributed by atoms with Crippen molar-refractivity contribution >= 4 is 33.5 Å². The van der Waals surface area contributed by atoms with E-state index in [4.69, 9.17) is 0 Å². The molecule has 1 fully saturated rings. The summed E-state index contributed by atoms with van der Waals surface area (Å²) in [4.78, 5) is 54.3. The van der Waals surface area contributed by atoms with Gasteiger partial charge < -0.3 is 26.4 Å². The molecule has 0 bridgehead atoms. The Hall–Kier alpha value is -3.77. The van der Waals surface area contributed by atoms with Gasteiger partial charge in [0.25, 0.3) is 0 Å². The van der Waals surface area contributed by atoms with Crippen LogP contribution < -0.4 is 21.3 Å². The largest absolute Gasteiger partial charge is 0.390 e. The molecule has 1 unspecified atom stereocenters. The van der Waals surface area contributed by atoms with Gasteiger partial charge in [0, 0.05) is 19.4 Å². The van der Waals surface area contributed by atoms with E-state index < -0.39 is 57.0 Å². The SMILES string of the molecule is CC(C)CNC(=O)C[C@H](O)[C@H](CC1CCCCC1)NC(=O)[C@H](CC(C)C)NC(=O)[C@H](Cc1ccccc1)NC(=O)CC1Cc2ccccc2S1(=O)=O. The zero-order valence-corrected chi connectivity index (χ0v) is 31.9. The molecule has 11 nitrogen and oxygen atoms in total. The number of carbonyl (C=O) groups excluding carboxylic acids is 4. The molecular weight excluding hydrogens is 681 g/mol. The number of benzene rings is 2. The van der Waals surface area contributed by atoms with Crippen molar-refractivity contribution in [1.29, 1.82) is 0 Å². The van der Waals surface area contributed by atoms with Crippen molar-refractivity contribution in [1.82, 2.24) is 21.3 Å². The summed E-state index contributed by atoms with van der Waals surface area (Å²) in [5.41, 5.74) is 1.45. The minimum atomic E-state index is -3.70. The highest BCUT2D eigenvalue weighted by Crippen LogP contribution is 2.33. The molecular formula is C40H58N4O7S. The number of rotatable bonds is 18. The van der Waals surface area contributed by atoms with Gasteiger partial charge in [-0.15, -0.1) is 0 Å².